The van der Waals surface area contributed by atoms with Crippen molar-refractivity contribution in [3.63, 3.8) is 0 Å². The Morgan fingerprint density at radius 1 is 1.43 bits per heavy atom. The molecule has 0 radical (unpaired) electrons. The van der Waals surface area contributed by atoms with Crippen LogP contribution in [-0.4, -0.2) is 21.9 Å². The lowest BCUT2D eigenvalue weighted by molar-refractivity contribution is -0.113. The first-order valence-corrected chi connectivity index (χ1v) is 7.56. The molecule has 1 amide bonds. The quantitative estimate of drug-likeness (QED) is 0.651. The highest BCUT2D eigenvalue weighted by Crippen LogP contribution is 2.24. The Morgan fingerprint density at radius 2 is 2.19 bits per heavy atom. The summed E-state index contributed by atoms with van der Waals surface area (Å²) in [4.78, 5) is 12.9. The maximum atomic E-state index is 11.9. The number of hydrogen-bond acceptors (Lipinski definition) is 6. The summed E-state index contributed by atoms with van der Waals surface area (Å²) in [7, 11) is 0. The molecule has 0 saturated heterocycles. The maximum Gasteiger partial charge on any atom is 0.322 e. The minimum atomic E-state index is -0.185. The third-order valence-electron chi connectivity index (χ3n) is 2.74. The fourth-order valence-electron chi connectivity index (χ4n) is 1.65. The molecule has 0 unspecified atom stereocenters. The molecule has 0 bridgehead atoms. The van der Waals surface area contributed by atoms with Crippen LogP contribution in [0.2, 0.25) is 0 Å². The largest absolute Gasteiger partial charge is 0.408 e. The number of carbonyl (C=O) groups is 1. The van der Waals surface area contributed by atoms with Crippen LogP contribution in [0, 0.1) is 6.92 Å². The number of rotatable bonds is 5. The summed E-state index contributed by atoms with van der Waals surface area (Å²) in [6.45, 7) is 5.85. The molecule has 3 N–H and O–H groups in total. The lowest BCUT2D eigenvalue weighted by Gasteiger charge is -2.05. The molecule has 7 heteroatoms. The Morgan fingerprint density at radius 3 is 2.81 bits per heavy atom. The van der Waals surface area contributed by atoms with Gasteiger partial charge < -0.3 is 10.2 Å². The Kier molecular flexibility index (Phi) is 4.85. The number of aryl methyl sites for hydroxylation is 1. The summed E-state index contributed by atoms with van der Waals surface area (Å²) in [5.74, 6) is 0.724. The number of aromatic nitrogens is 2. The van der Waals surface area contributed by atoms with Gasteiger partial charge in [0, 0.05) is 16.5 Å². The fourth-order valence-corrected chi connectivity index (χ4v) is 2.46. The van der Waals surface area contributed by atoms with E-state index in [2.05, 4.69) is 15.5 Å². The number of anilines is 2. The highest BCUT2D eigenvalue weighted by molar-refractivity contribution is 8.00. The van der Waals surface area contributed by atoms with Crippen LogP contribution in [0.4, 0.5) is 11.7 Å². The number of carbonyl (C=O) groups excluding carboxylic acids is 1. The molecule has 1 aromatic carbocycles. The van der Waals surface area contributed by atoms with Crippen LogP contribution in [0.1, 0.15) is 31.2 Å². The van der Waals surface area contributed by atoms with Gasteiger partial charge in [-0.05, 0) is 30.7 Å². The van der Waals surface area contributed by atoms with E-state index in [1.54, 1.807) is 0 Å². The van der Waals surface area contributed by atoms with Crippen LogP contribution in [0.25, 0.3) is 0 Å². The number of nitrogen functional groups attached to an aromatic ring is 1. The minimum absolute atomic E-state index is 0.134. The first kappa shape index (κ1) is 15.4. The molecule has 0 atom stereocenters. The van der Waals surface area contributed by atoms with Gasteiger partial charge in [-0.3, -0.25) is 10.1 Å². The molecule has 1 aromatic heterocycles. The third kappa shape index (κ3) is 4.22. The van der Waals surface area contributed by atoms with Crippen LogP contribution in [-0.2, 0) is 4.79 Å². The van der Waals surface area contributed by atoms with Crippen LogP contribution in [0.15, 0.2) is 27.5 Å². The van der Waals surface area contributed by atoms with E-state index in [1.165, 1.54) is 11.8 Å². The number of amides is 1. The number of nitrogens with zero attached hydrogens (tertiary/aromatic N) is 2. The average Bonchev–Trinajstić information content (AvgIpc) is 2.86. The minimum Gasteiger partial charge on any atom is -0.408 e. The molecule has 0 aliphatic rings. The molecule has 0 aliphatic carbocycles. The lowest BCUT2D eigenvalue weighted by atomic mass is 10.2. The van der Waals surface area contributed by atoms with Gasteiger partial charge in [0.25, 0.3) is 0 Å². The molecular weight excluding hydrogens is 288 g/mol. The smallest absolute Gasteiger partial charge is 0.322 e. The maximum absolute atomic E-state index is 11.9. The molecule has 0 spiro atoms. The van der Waals surface area contributed by atoms with Gasteiger partial charge >= 0.3 is 6.01 Å². The predicted octanol–water partition coefficient (Wildman–Crippen LogP) is 2.81. The van der Waals surface area contributed by atoms with Crippen molar-refractivity contribution in [1.29, 1.82) is 0 Å². The molecule has 0 saturated carbocycles. The van der Waals surface area contributed by atoms with E-state index in [0.717, 1.165) is 10.5 Å². The SMILES string of the molecule is Cc1cc(N)ccc1SCC(=O)Nc1nnc(C(C)C)o1. The second-order valence-corrected chi connectivity index (χ2v) is 5.98. The van der Waals surface area contributed by atoms with Crippen LogP contribution < -0.4 is 11.1 Å². The summed E-state index contributed by atoms with van der Waals surface area (Å²) in [5, 5.41) is 10.2. The van der Waals surface area contributed by atoms with Gasteiger partial charge in [-0.1, -0.05) is 18.9 Å². The van der Waals surface area contributed by atoms with Crippen molar-refractivity contribution < 1.29 is 9.21 Å². The highest BCUT2D eigenvalue weighted by atomic mass is 32.2. The van der Waals surface area contributed by atoms with Crippen molar-refractivity contribution in [2.24, 2.45) is 0 Å². The molecule has 0 fully saturated rings. The molecular formula is C14H18N4O2S. The number of thioether (sulfide) groups is 1. The van der Waals surface area contributed by atoms with Crippen LogP contribution >= 0.6 is 11.8 Å². The number of hydrogen-bond donors (Lipinski definition) is 2. The Bertz CT molecular complexity index is 640. The lowest BCUT2D eigenvalue weighted by Crippen LogP contribution is -2.14. The second-order valence-electron chi connectivity index (χ2n) is 4.96. The fraction of sp³-hybridized carbons (Fsp3) is 0.357. The summed E-state index contributed by atoms with van der Waals surface area (Å²) in [5.41, 5.74) is 7.46. The van der Waals surface area contributed by atoms with Crippen molar-refractivity contribution in [3.8, 4) is 0 Å². The molecule has 2 aromatic rings. The van der Waals surface area contributed by atoms with E-state index < -0.39 is 0 Å². The van der Waals surface area contributed by atoms with E-state index in [-0.39, 0.29) is 23.6 Å². The van der Waals surface area contributed by atoms with Crippen molar-refractivity contribution in [1.82, 2.24) is 10.2 Å². The Hall–Kier alpha value is -2.02. The Balaban J connectivity index is 1.89. The summed E-state index contributed by atoms with van der Waals surface area (Å²) >= 11 is 1.44. The van der Waals surface area contributed by atoms with Crippen molar-refractivity contribution in [3.05, 3.63) is 29.7 Å². The van der Waals surface area contributed by atoms with E-state index in [0.29, 0.717) is 11.6 Å². The number of nitrogens with one attached hydrogen (secondary N) is 1. The van der Waals surface area contributed by atoms with Crippen LogP contribution in [0.5, 0.6) is 0 Å². The van der Waals surface area contributed by atoms with Gasteiger partial charge in [0.2, 0.25) is 11.8 Å². The number of nitrogens with two attached hydrogens (primary N) is 1. The van der Waals surface area contributed by atoms with E-state index in [4.69, 9.17) is 10.2 Å². The topological polar surface area (TPSA) is 94.0 Å². The van der Waals surface area contributed by atoms with E-state index in [9.17, 15) is 4.79 Å². The first-order valence-electron chi connectivity index (χ1n) is 6.58. The second kappa shape index (κ2) is 6.62. The van der Waals surface area contributed by atoms with Crippen molar-refractivity contribution in [2.75, 3.05) is 16.8 Å². The summed E-state index contributed by atoms with van der Waals surface area (Å²) in [6.07, 6.45) is 0. The summed E-state index contributed by atoms with van der Waals surface area (Å²) in [6, 6.07) is 5.75. The van der Waals surface area contributed by atoms with Crippen molar-refractivity contribution in [2.45, 2.75) is 31.6 Å². The van der Waals surface area contributed by atoms with E-state index in [1.807, 2.05) is 39.0 Å². The van der Waals surface area contributed by atoms with Gasteiger partial charge in [0.1, 0.15) is 0 Å². The standard InChI is InChI=1S/C14H18N4O2S/c1-8(2)13-17-18-14(20-13)16-12(19)7-21-11-5-4-10(15)6-9(11)3/h4-6,8H,7,15H2,1-3H3,(H,16,18,19). The molecule has 6 nitrogen and oxygen atoms in total. The molecule has 112 valence electrons. The Labute approximate surface area is 127 Å². The molecule has 2 rings (SSSR count). The molecule has 0 aliphatic heterocycles. The van der Waals surface area contributed by atoms with Crippen LogP contribution in [0.3, 0.4) is 0 Å². The van der Waals surface area contributed by atoms with Gasteiger partial charge in [-0.2, -0.15) is 0 Å². The van der Waals surface area contributed by atoms with Gasteiger partial charge in [-0.25, -0.2) is 0 Å². The molecule has 21 heavy (non-hydrogen) atoms. The van der Waals surface area contributed by atoms with E-state index >= 15 is 0 Å². The zero-order valence-corrected chi connectivity index (χ0v) is 13.0. The highest BCUT2D eigenvalue weighted by Gasteiger charge is 2.12. The predicted molar refractivity (Wildman–Crippen MR) is 83.3 cm³/mol. The molecule has 1 heterocycles. The third-order valence-corrected chi connectivity index (χ3v) is 3.91. The average molecular weight is 306 g/mol. The summed E-state index contributed by atoms with van der Waals surface area (Å²) < 4.78 is 5.33. The monoisotopic (exact) mass is 306 g/mol. The zero-order chi connectivity index (χ0) is 15.4. The normalized spacial score (nSPS) is 10.9. The van der Waals surface area contributed by atoms with Gasteiger partial charge in [0.15, 0.2) is 0 Å². The van der Waals surface area contributed by atoms with Gasteiger partial charge in [0.05, 0.1) is 5.75 Å². The number of benzene rings is 1. The van der Waals surface area contributed by atoms with Crippen molar-refractivity contribution >= 4 is 29.4 Å². The first-order chi connectivity index (χ1) is 9.95. The zero-order valence-electron chi connectivity index (χ0n) is 12.2. The van der Waals surface area contributed by atoms with Gasteiger partial charge in [-0.15, -0.1) is 16.9 Å².